The molecule has 23 heavy (non-hydrogen) atoms. The summed E-state index contributed by atoms with van der Waals surface area (Å²) in [5.74, 6) is 0. The molecule has 1 aromatic carbocycles. The molecule has 0 unspecified atom stereocenters. The molecule has 1 saturated heterocycles. The second-order valence-corrected chi connectivity index (χ2v) is 7.18. The van der Waals surface area contributed by atoms with Crippen molar-refractivity contribution in [1.29, 1.82) is 0 Å². The van der Waals surface area contributed by atoms with Gasteiger partial charge in [-0.1, -0.05) is 30.3 Å². The van der Waals surface area contributed by atoms with Crippen molar-refractivity contribution >= 4 is 6.09 Å². The largest absolute Gasteiger partial charge is 0.444 e. The molecular formula is C18H28N2O3. The second kappa shape index (κ2) is 6.89. The number of amides is 1. The van der Waals surface area contributed by atoms with E-state index in [0.29, 0.717) is 13.0 Å². The summed E-state index contributed by atoms with van der Waals surface area (Å²) in [5, 5.41) is 11.3. The average Bonchev–Trinajstić information content (AvgIpc) is 2.53. The Morgan fingerprint density at radius 3 is 2.52 bits per heavy atom. The molecule has 1 fully saturated rings. The van der Waals surface area contributed by atoms with Crippen LogP contribution in [-0.2, 0) is 10.3 Å². The number of nitrogens with zero attached hydrogens (tertiary/aromatic N) is 1. The number of piperidine rings is 1. The van der Waals surface area contributed by atoms with E-state index in [0.717, 1.165) is 18.4 Å². The summed E-state index contributed by atoms with van der Waals surface area (Å²) in [6, 6.07) is 8.97. The first-order chi connectivity index (χ1) is 10.8. The van der Waals surface area contributed by atoms with Crippen LogP contribution in [0.15, 0.2) is 30.3 Å². The summed E-state index contributed by atoms with van der Waals surface area (Å²) in [4.78, 5) is 14.2. The summed E-state index contributed by atoms with van der Waals surface area (Å²) in [5.41, 5.74) is 4.84. The Morgan fingerprint density at radius 1 is 1.30 bits per heavy atom. The van der Waals surface area contributed by atoms with E-state index < -0.39 is 11.2 Å². The van der Waals surface area contributed by atoms with Gasteiger partial charge in [-0.3, -0.25) is 0 Å². The Kier molecular flexibility index (Phi) is 5.32. The summed E-state index contributed by atoms with van der Waals surface area (Å²) in [6.45, 7) is 6.16. The van der Waals surface area contributed by atoms with Crippen molar-refractivity contribution in [2.75, 3.05) is 13.1 Å². The fourth-order valence-corrected chi connectivity index (χ4v) is 3.14. The third-order valence-electron chi connectivity index (χ3n) is 4.27. The molecule has 2 atom stereocenters. The Morgan fingerprint density at radius 2 is 1.96 bits per heavy atom. The van der Waals surface area contributed by atoms with E-state index in [4.69, 9.17) is 10.5 Å². The highest BCUT2D eigenvalue weighted by Gasteiger charge is 2.44. The van der Waals surface area contributed by atoms with Crippen LogP contribution in [0.5, 0.6) is 0 Å². The first kappa shape index (κ1) is 17.8. The van der Waals surface area contributed by atoms with Crippen molar-refractivity contribution in [3.63, 3.8) is 0 Å². The molecule has 0 radical (unpaired) electrons. The predicted molar refractivity (Wildman–Crippen MR) is 90.0 cm³/mol. The third-order valence-corrected chi connectivity index (χ3v) is 4.27. The number of carbonyl (C=O) groups is 1. The van der Waals surface area contributed by atoms with Gasteiger partial charge in [-0.2, -0.15) is 0 Å². The van der Waals surface area contributed by atoms with E-state index in [-0.39, 0.29) is 18.7 Å². The van der Waals surface area contributed by atoms with Gasteiger partial charge in [-0.05, 0) is 45.6 Å². The van der Waals surface area contributed by atoms with Gasteiger partial charge in [0.15, 0.2) is 0 Å². The average molecular weight is 320 g/mol. The molecule has 0 spiro atoms. The van der Waals surface area contributed by atoms with Gasteiger partial charge in [0.25, 0.3) is 0 Å². The zero-order chi connectivity index (χ0) is 17.1. The molecule has 5 heteroatoms. The fraction of sp³-hybridized carbons (Fsp3) is 0.611. The van der Waals surface area contributed by atoms with Crippen LogP contribution in [0.2, 0.25) is 0 Å². The number of benzene rings is 1. The van der Waals surface area contributed by atoms with Crippen LogP contribution >= 0.6 is 0 Å². The van der Waals surface area contributed by atoms with Crippen LogP contribution in [0.1, 0.15) is 45.6 Å². The minimum Gasteiger partial charge on any atom is -0.444 e. The van der Waals surface area contributed by atoms with Gasteiger partial charge in [0.05, 0.1) is 6.04 Å². The summed E-state index contributed by atoms with van der Waals surface area (Å²) >= 11 is 0. The van der Waals surface area contributed by atoms with Crippen molar-refractivity contribution in [2.45, 2.75) is 57.3 Å². The zero-order valence-electron chi connectivity index (χ0n) is 14.3. The van der Waals surface area contributed by atoms with E-state index in [1.54, 1.807) is 4.90 Å². The van der Waals surface area contributed by atoms with Crippen LogP contribution in [0.3, 0.4) is 0 Å². The molecule has 5 nitrogen and oxygen atoms in total. The molecule has 1 heterocycles. The van der Waals surface area contributed by atoms with Crippen molar-refractivity contribution in [3.05, 3.63) is 35.9 Å². The highest BCUT2D eigenvalue weighted by molar-refractivity contribution is 5.69. The molecule has 3 N–H and O–H groups in total. The number of rotatable bonds is 3. The minimum absolute atomic E-state index is 0.0565. The number of carbonyl (C=O) groups excluding carboxylic acids is 1. The maximum Gasteiger partial charge on any atom is 0.410 e. The third kappa shape index (κ3) is 4.03. The maximum absolute atomic E-state index is 12.6. The standard InChI is InChI=1S/C18H28N2O3/c1-17(2,3)23-16(21)20-12-8-7-11-15(20)18(22,13-19)14-9-5-4-6-10-14/h4-6,9-10,15,22H,7-8,11-13,19H2,1-3H3/t15-,18+/m1/s1. The first-order valence-corrected chi connectivity index (χ1v) is 8.25. The Hall–Kier alpha value is -1.59. The summed E-state index contributed by atoms with van der Waals surface area (Å²) in [6.07, 6.45) is 2.19. The van der Waals surface area contributed by atoms with Gasteiger partial charge in [0, 0.05) is 13.1 Å². The molecule has 0 aromatic heterocycles. The van der Waals surface area contributed by atoms with Crippen LogP contribution in [0, 0.1) is 0 Å². The predicted octanol–water partition coefficient (Wildman–Crippen LogP) is 2.62. The normalized spacial score (nSPS) is 21.6. The van der Waals surface area contributed by atoms with Crippen molar-refractivity contribution in [1.82, 2.24) is 4.90 Å². The van der Waals surface area contributed by atoms with Crippen molar-refractivity contribution in [3.8, 4) is 0 Å². The van der Waals surface area contributed by atoms with Gasteiger partial charge < -0.3 is 20.5 Å². The van der Waals surface area contributed by atoms with E-state index in [1.165, 1.54) is 0 Å². The highest BCUT2D eigenvalue weighted by Crippen LogP contribution is 2.34. The molecule has 0 aliphatic carbocycles. The number of hydrogen-bond acceptors (Lipinski definition) is 4. The lowest BCUT2D eigenvalue weighted by atomic mass is 9.81. The Bertz CT molecular complexity index is 527. The fourth-order valence-electron chi connectivity index (χ4n) is 3.14. The lowest BCUT2D eigenvalue weighted by molar-refractivity contribution is -0.0677. The molecule has 0 bridgehead atoms. The van der Waals surface area contributed by atoms with Crippen molar-refractivity contribution < 1.29 is 14.6 Å². The number of ether oxygens (including phenoxy) is 1. The van der Waals surface area contributed by atoms with E-state index >= 15 is 0 Å². The van der Waals surface area contributed by atoms with Gasteiger partial charge >= 0.3 is 6.09 Å². The number of nitrogens with two attached hydrogens (primary N) is 1. The van der Waals surface area contributed by atoms with Crippen LogP contribution in [0.25, 0.3) is 0 Å². The minimum atomic E-state index is -1.27. The van der Waals surface area contributed by atoms with Gasteiger partial charge in [-0.25, -0.2) is 4.79 Å². The molecule has 1 amide bonds. The summed E-state index contributed by atoms with van der Waals surface area (Å²) < 4.78 is 5.52. The number of aliphatic hydroxyl groups is 1. The van der Waals surface area contributed by atoms with E-state index in [9.17, 15) is 9.90 Å². The molecule has 1 aliphatic rings. The van der Waals surface area contributed by atoms with Gasteiger partial charge in [-0.15, -0.1) is 0 Å². The van der Waals surface area contributed by atoms with Crippen LogP contribution < -0.4 is 5.73 Å². The molecule has 0 saturated carbocycles. The van der Waals surface area contributed by atoms with Crippen LogP contribution in [-0.4, -0.2) is 40.8 Å². The lowest BCUT2D eigenvalue weighted by Crippen LogP contribution is -2.58. The smallest absolute Gasteiger partial charge is 0.410 e. The Balaban J connectivity index is 2.30. The van der Waals surface area contributed by atoms with Crippen molar-refractivity contribution in [2.24, 2.45) is 5.73 Å². The van der Waals surface area contributed by atoms with E-state index in [2.05, 4.69) is 0 Å². The number of hydrogen-bond donors (Lipinski definition) is 2. The van der Waals surface area contributed by atoms with Gasteiger partial charge in [0.2, 0.25) is 0 Å². The Labute approximate surface area is 138 Å². The quantitative estimate of drug-likeness (QED) is 0.897. The zero-order valence-corrected chi connectivity index (χ0v) is 14.3. The molecule has 1 aliphatic heterocycles. The molecule has 128 valence electrons. The maximum atomic E-state index is 12.6. The van der Waals surface area contributed by atoms with Crippen LogP contribution in [0.4, 0.5) is 4.79 Å². The number of likely N-dealkylation sites (tertiary alicyclic amines) is 1. The highest BCUT2D eigenvalue weighted by atomic mass is 16.6. The lowest BCUT2D eigenvalue weighted by Gasteiger charge is -2.45. The second-order valence-electron chi connectivity index (χ2n) is 7.18. The molecule has 1 aromatic rings. The monoisotopic (exact) mass is 320 g/mol. The summed E-state index contributed by atoms with van der Waals surface area (Å²) in [7, 11) is 0. The molecular weight excluding hydrogens is 292 g/mol. The molecule has 2 rings (SSSR count). The van der Waals surface area contributed by atoms with Gasteiger partial charge in [0.1, 0.15) is 11.2 Å². The topological polar surface area (TPSA) is 75.8 Å². The first-order valence-electron chi connectivity index (χ1n) is 8.25. The van der Waals surface area contributed by atoms with E-state index in [1.807, 2.05) is 51.1 Å². The SMILES string of the molecule is CC(C)(C)OC(=O)N1CCCC[C@@H]1[C@](O)(CN)c1ccccc1.